The number of carboxylic acids is 1. The normalized spacial score (nSPS) is 14.4. The molecule has 0 radical (unpaired) electrons. The molecule has 0 bridgehead atoms. The average Bonchev–Trinajstić information content (AvgIpc) is 2.34. The van der Waals surface area contributed by atoms with Gasteiger partial charge in [-0.2, -0.15) is 5.26 Å². The molecule has 6 heteroatoms. The van der Waals surface area contributed by atoms with Crippen LogP contribution in [0.25, 0.3) is 0 Å². The van der Waals surface area contributed by atoms with Crippen LogP contribution in [0.5, 0.6) is 5.75 Å². The van der Waals surface area contributed by atoms with E-state index in [2.05, 4.69) is 0 Å². The van der Waals surface area contributed by atoms with Gasteiger partial charge in [0, 0.05) is 13.1 Å². The van der Waals surface area contributed by atoms with Gasteiger partial charge in [-0.25, -0.2) is 0 Å². The van der Waals surface area contributed by atoms with Crippen LogP contribution in [0.15, 0.2) is 24.3 Å². The molecule has 19 heavy (non-hydrogen) atoms. The summed E-state index contributed by atoms with van der Waals surface area (Å²) >= 11 is 0. The van der Waals surface area contributed by atoms with E-state index in [-0.39, 0.29) is 25.6 Å². The first-order chi connectivity index (χ1) is 9.11. The Bertz CT molecular complexity index is 544. The molecule has 1 fully saturated rings. The molecule has 0 spiro atoms. The lowest BCUT2D eigenvalue weighted by atomic mass is 10.0. The van der Waals surface area contributed by atoms with E-state index in [0.717, 1.165) is 0 Å². The fraction of sp³-hybridized carbons (Fsp3) is 0.308. The first-order valence-electron chi connectivity index (χ1n) is 5.74. The van der Waals surface area contributed by atoms with Crippen LogP contribution in [0.2, 0.25) is 0 Å². The topological polar surface area (TPSA) is 90.6 Å². The molecule has 1 aliphatic rings. The zero-order chi connectivity index (χ0) is 13.8. The molecule has 1 aliphatic heterocycles. The summed E-state index contributed by atoms with van der Waals surface area (Å²) in [6.07, 6.45) is 0. The highest BCUT2D eigenvalue weighted by Crippen LogP contribution is 2.18. The molecule has 1 saturated heterocycles. The number of benzene rings is 1. The van der Waals surface area contributed by atoms with Crippen LogP contribution in [-0.2, 0) is 9.59 Å². The maximum atomic E-state index is 11.7. The number of carboxylic acid groups (broad SMARTS) is 1. The van der Waals surface area contributed by atoms with Gasteiger partial charge in [-0.1, -0.05) is 12.1 Å². The van der Waals surface area contributed by atoms with Crippen molar-refractivity contribution >= 4 is 11.9 Å². The zero-order valence-corrected chi connectivity index (χ0v) is 10.1. The fourth-order valence-electron chi connectivity index (χ4n) is 1.75. The number of likely N-dealkylation sites (tertiary alicyclic amines) is 1. The van der Waals surface area contributed by atoms with E-state index in [1.807, 2.05) is 6.07 Å². The Balaban J connectivity index is 1.85. The number of carbonyl (C=O) groups excluding carboxylic acids is 1. The number of rotatable bonds is 4. The van der Waals surface area contributed by atoms with Crippen LogP contribution in [-0.4, -0.2) is 41.6 Å². The molecule has 0 saturated carbocycles. The lowest BCUT2D eigenvalue weighted by molar-refractivity contribution is -0.153. The van der Waals surface area contributed by atoms with Crippen molar-refractivity contribution in [2.24, 2.45) is 5.92 Å². The second-order valence-electron chi connectivity index (χ2n) is 4.23. The number of hydrogen-bond acceptors (Lipinski definition) is 4. The van der Waals surface area contributed by atoms with Gasteiger partial charge in [0.25, 0.3) is 5.91 Å². The number of hydrogen-bond donors (Lipinski definition) is 1. The second kappa shape index (κ2) is 5.40. The van der Waals surface area contributed by atoms with Crippen molar-refractivity contribution in [3.8, 4) is 11.8 Å². The molecule has 0 unspecified atom stereocenters. The van der Waals surface area contributed by atoms with Crippen molar-refractivity contribution in [1.82, 2.24) is 4.90 Å². The Kier molecular flexibility index (Phi) is 3.66. The SMILES string of the molecule is N#Cc1ccccc1OCC(=O)N1CC(C(=O)O)C1. The predicted molar refractivity (Wildman–Crippen MR) is 64.4 cm³/mol. The molecular weight excluding hydrogens is 248 g/mol. The highest BCUT2D eigenvalue weighted by atomic mass is 16.5. The van der Waals surface area contributed by atoms with Gasteiger partial charge in [0.2, 0.25) is 0 Å². The smallest absolute Gasteiger partial charge is 0.310 e. The summed E-state index contributed by atoms with van der Waals surface area (Å²) in [6.45, 7) is 0.250. The van der Waals surface area contributed by atoms with Crippen LogP contribution in [0.1, 0.15) is 5.56 Å². The third kappa shape index (κ3) is 2.83. The van der Waals surface area contributed by atoms with Crippen LogP contribution in [0.4, 0.5) is 0 Å². The molecule has 1 aromatic carbocycles. The second-order valence-corrected chi connectivity index (χ2v) is 4.23. The summed E-state index contributed by atoms with van der Waals surface area (Å²) in [5.74, 6) is -1.28. The molecule has 2 rings (SSSR count). The van der Waals surface area contributed by atoms with Crippen molar-refractivity contribution in [1.29, 1.82) is 5.26 Å². The van der Waals surface area contributed by atoms with Crippen LogP contribution in [0, 0.1) is 17.2 Å². The van der Waals surface area contributed by atoms with Gasteiger partial charge >= 0.3 is 5.97 Å². The molecule has 1 N–H and O–H groups in total. The standard InChI is InChI=1S/C13H12N2O4/c14-5-9-3-1-2-4-11(9)19-8-12(16)15-6-10(7-15)13(17)18/h1-4,10H,6-8H2,(H,17,18). The van der Waals surface area contributed by atoms with E-state index in [1.54, 1.807) is 24.3 Å². The average molecular weight is 260 g/mol. The monoisotopic (exact) mass is 260 g/mol. The molecule has 0 aromatic heterocycles. The van der Waals surface area contributed by atoms with E-state index in [4.69, 9.17) is 15.1 Å². The predicted octanol–water partition coefficient (Wildman–Crippen LogP) is 0.480. The van der Waals surface area contributed by atoms with Gasteiger partial charge in [-0.05, 0) is 12.1 Å². The summed E-state index contributed by atoms with van der Waals surface area (Å²) in [7, 11) is 0. The third-order valence-corrected chi connectivity index (χ3v) is 2.94. The number of nitriles is 1. The van der Waals surface area contributed by atoms with Crippen molar-refractivity contribution in [3.63, 3.8) is 0 Å². The van der Waals surface area contributed by atoms with E-state index in [0.29, 0.717) is 11.3 Å². The Labute approximate surface area is 109 Å². The summed E-state index contributed by atoms with van der Waals surface area (Å²) in [4.78, 5) is 23.7. The molecule has 98 valence electrons. The summed E-state index contributed by atoms with van der Waals surface area (Å²) in [6, 6.07) is 8.61. The lowest BCUT2D eigenvalue weighted by Gasteiger charge is -2.36. The van der Waals surface area contributed by atoms with Crippen molar-refractivity contribution < 1.29 is 19.4 Å². The molecule has 0 atom stereocenters. The van der Waals surface area contributed by atoms with Gasteiger partial charge in [0.1, 0.15) is 11.8 Å². The number of carbonyl (C=O) groups is 2. The number of aliphatic carboxylic acids is 1. The number of para-hydroxylation sites is 1. The highest BCUT2D eigenvalue weighted by Gasteiger charge is 2.35. The Morgan fingerprint density at radius 2 is 2.11 bits per heavy atom. The van der Waals surface area contributed by atoms with Gasteiger partial charge in [0.05, 0.1) is 11.5 Å². The number of amides is 1. The highest BCUT2D eigenvalue weighted by molar-refractivity contribution is 5.82. The van der Waals surface area contributed by atoms with Gasteiger partial charge in [0.15, 0.2) is 6.61 Å². The van der Waals surface area contributed by atoms with Gasteiger partial charge < -0.3 is 14.7 Å². The molecule has 0 aliphatic carbocycles. The summed E-state index contributed by atoms with van der Waals surface area (Å²) in [5, 5.41) is 17.6. The lowest BCUT2D eigenvalue weighted by Crippen LogP contribution is -2.54. The number of ether oxygens (including phenoxy) is 1. The van der Waals surface area contributed by atoms with Gasteiger partial charge in [-0.15, -0.1) is 0 Å². The minimum atomic E-state index is -0.889. The molecule has 1 aromatic rings. The number of nitrogens with zero attached hydrogens (tertiary/aromatic N) is 2. The molecule has 1 amide bonds. The maximum absolute atomic E-state index is 11.7. The Morgan fingerprint density at radius 1 is 1.42 bits per heavy atom. The minimum Gasteiger partial charge on any atom is -0.482 e. The molecule has 1 heterocycles. The maximum Gasteiger partial charge on any atom is 0.310 e. The van der Waals surface area contributed by atoms with Crippen LogP contribution < -0.4 is 4.74 Å². The Morgan fingerprint density at radius 3 is 2.74 bits per heavy atom. The largest absolute Gasteiger partial charge is 0.482 e. The third-order valence-electron chi connectivity index (χ3n) is 2.94. The molecular formula is C13H12N2O4. The Hall–Kier alpha value is -2.55. The van der Waals surface area contributed by atoms with E-state index >= 15 is 0 Å². The van der Waals surface area contributed by atoms with Crippen LogP contribution >= 0.6 is 0 Å². The van der Waals surface area contributed by atoms with Crippen molar-refractivity contribution in [2.75, 3.05) is 19.7 Å². The molecule has 6 nitrogen and oxygen atoms in total. The summed E-state index contributed by atoms with van der Waals surface area (Å²) < 4.78 is 5.28. The van der Waals surface area contributed by atoms with Crippen molar-refractivity contribution in [2.45, 2.75) is 0 Å². The van der Waals surface area contributed by atoms with E-state index in [1.165, 1.54) is 4.90 Å². The zero-order valence-electron chi connectivity index (χ0n) is 10.1. The minimum absolute atomic E-state index is 0.189. The van der Waals surface area contributed by atoms with Gasteiger partial charge in [-0.3, -0.25) is 9.59 Å². The van der Waals surface area contributed by atoms with E-state index in [9.17, 15) is 9.59 Å². The van der Waals surface area contributed by atoms with Crippen LogP contribution in [0.3, 0.4) is 0 Å². The first-order valence-corrected chi connectivity index (χ1v) is 5.74. The quantitative estimate of drug-likeness (QED) is 0.850. The van der Waals surface area contributed by atoms with E-state index < -0.39 is 11.9 Å². The van der Waals surface area contributed by atoms with Crippen molar-refractivity contribution in [3.05, 3.63) is 29.8 Å². The fourth-order valence-corrected chi connectivity index (χ4v) is 1.75. The summed E-state index contributed by atoms with van der Waals surface area (Å²) in [5.41, 5.74) is 0.363. The first kappa shape index (κ1) is 12.9.